The van der Waals surface area contributed by atoms with E-state index in [9.17, 15) is 23.1 Å². The molecule has 0 spiro atoms. The standard InChI is InChI=1S/C31H32F3N2.C13H24O2.Ir/c1-19-14-21(18-30(6,7)31(32,33)34)12-13-24(19)26-17-28(36-35-20(26)2)23-15-22-10-8-9-11-25(22)27(16-23)29(3,4)5;1-5-10(6-2)12(14)9-13(15)11(7-3)8-4;/h8-14,16-17H,18H2,1-7H3;9-11,14H,5-8H2,1-4H3;/q-1;;/b;12-9-;. The number of halogens is 3. The van der Waals surface area contributed by atoms with Gasteiger partial charge in [0.1, 0.15) is 0 Å². The first kappa shape index (κ1) is 44.8. The number of fused-ring (bicyclic) bond motifs is 1. The second kappa shape index (κ2) is 18.6. The molecule has 0 bridgehead atoms. The molecule has 0 amide bonds. The summed E-state index contributed by atoms with van der Waals surface area (Å²) in [5, 5.41) is 20.9. The fraction of sp³-hybridized carbons (Fsp3) is 0.477. The zero-order valence-electron chi connectivity index (χ0n) is 32.7. The van der Waals surface area contributed by atoms with Crippen molar-refractivity contribution in [2.45, 2.75) is 120 Å². The van der Waals surface area contributed by atoms with Crippen LogP contribution in [-0.2, 0) is 36.7 Å². The monoisotopic (exact) mass is 894 g/mol. The van der Waals surface area contributed by atoms with E-state index in [4.69, 9.17) is 0 Å². The molecule has 0 unspecified atom stereocenters. The van der Waals surface area contributed by atoms with Crippen molar-refractivity contribution in [1.82, 2.24) is 10.2 Å². The molecule has 0 saturated heterocycles. The van der Waals surface area contributed by atoms with Crippen LogP contribution >= 0.6 is 0 Å². The van der Waals surface area contributed by atoms with Crippen LogP contribution in [0, 0.1) is 37.2 Å². The van der Waals surface area contributed by atoms with E-state index >= 15 is 0 Å². The normalized spacial score (nSPS) is 12.5. The van der Waals surface area contributed by atoms with E-state index in [0.717, 1.165) is 59.0 Å². The molecule has 0 aliphatic rings. The zero-order valence-corrected chi connectivity index (χ0v) is 35.1. The second-order valence-corrected chi connectivity index (χ2v) is 15.3. The van der Waals surface area contributed by atoms with E-state index < -0.39 is 11.6 Å². The van der Waals surface area contributed by atoms with Crippen molar-refractivity contribution in [3.63, 3.8) is 0 Å². The minimum atomic E-state index is -4.26. The molecular formula is C44H56F3IrN2O2-. The quantitative estimate of drug-likeness (QED) is 0.0926. The van der Waals surface area contributed by atoms with Crippen LogP contribution in [-0.4, -0.2) is 27.3 Å². The van der Waals surface area contributed by atoms with E-state index in [1.807, 2.05) is 71.9 Å². The molecule has 0 fully saturated rings. The minimum Gasteiger partial charge on any atom is -0.512 e. The number of aromatic nitrogens is 2. The molecule has 285 valence electrons. The predicted molar refractivity (Wildman–Crippen MR) is 205 cm³/mol. The second-order valence-electron chi connectivity index (χ2n) is 15.3. The minimum absolute atomic E-state index is 0. The van der Waals surface area contributed by atoms with Gasteiger partial charge in [0, 0.05) is 43.7 Å². The van der Waals surface area contributed by atoms with Crippen LogP contribution in [0.5, 0.6) is 0 Å². The third kappa shape index (κ3) is 11.1. The number of carbonyl (C=O) groups is 1. The fourth-order valence-corrected chi connectivity index (χ4v) is 6.37. The third-order valence-corrected chi connectivity index (χ3v) is 9.91. The largest absolute Gasteiger partial charge is 0.512 e. The maximum absolute atomic E-state index is 13.4. The summed E-state index contributed by atoms with van der Waals surface area (Å²) in [7, 11) is 0. The van der Waals surface area contributed by atoms with Crippen molar-refractivity contribution in [2.75, 3.05) is 0 Å². The summed E-state index contributed by atoms with van der Waals surface area (Å²) < 4.78 is 40.2. The van der Waals surface area contributed by atoms with Crippen molar-refractivity contribution < 1.29 is 43.2 Å². The number of hydrogen-bond donors (Lipinski definition) is 1. The van der Waals surface area contributed by atoms with Gasteiger partial charge in [0.05, 0.1) is 16.9 Å². The van der Waals surface area contributed by atoms with E-state index in [2.05, 4.69) is 55.2 Å². The zero-order chi connectivity index (χ0) is 38.3. The maximum Gasteiger partial charge on any atom is 0.394 e. The molecule has 0 saturated carbocycles. The molecular weight excluding hydrogens is 838 g/mol. The van der Waals surface area contributed by atoms with Crippen LogP contribution in [0.3, 0.4) is 0 Å². The number of hydrogen-bond acceptors (Lipinski definition) is 4. The summed E-state index contributed by atoms with van der Waals surface area (Å²) in [5.41, 5.74) is 5.13. The number of nitrogens with zero attached hydrogens (tertiary/aromatic N) is 2. The van der Waals surface area contributed by atoms with Gasteiger partial charge in [-0.25, -0.2) is 0 Å². The summed E-state index contributed by atoms with van der Waals surface area (Å²) in [6.45, 7) is 21.0. The summed E-state index contributed by atoms with van der Waals surface area (Å²) in [4.78, 5) is 11.7. The van der Waals surface area contributed by atoms with Gasteiger partial charge in [0.15, 0.2) is 5.78 Å². The van der Waals surface area contributed by atoms with Crippen LogP contribution in [0.1, 0.15) is 110 Å². The van der Waals surface area contributed by atoms with Crippen molar-refractivity contribution >= 4 is 16.6 Å². The fourth-order valence-electron chi connectivity index (χ4n) is 6.37. The Morgan fingerprint density at radius 2 is 1.42 bits per heavy atom. The molecule has 4 rings (SSSR count). The predicted octanol–water partition coefficient (Wildman–Crippen LogP) is 12.7. The molecule has 3 aromatic carbocycles. The number of allylic oxidation sites excluding steroid dienone is 2. The average Bonchev–Trinajstić information content (AvgIpc) is 3.05. The topological polar surface area (TPSA) is 63.1 Å². The van der Waals surface area contributed by atoms with Gasteiger partial charge in [-0.1, -0.05) is 116 Å². The molecule has 4 nitrogen and oxygen atoms in total. The van der Waals surface area contributed by atoms with Crippen LogP contribution in [0.4, 0.5) is 13.2 Å². The van der Waals surface area contributed by atoms with Gasteiger partial charge in [0.25, 0.3) is 0 Å². The number of aliphatic hydroxyl groups excluding tert-OH is 1. The van der Waals surface area contributed by atoms with Crippen molar-refractivity contribution in [2.24, 2.45) is 17.3 Å². The molecule has 1 radical (unpaired) electrons. The third-order valence-electron chi connectivity index (χ3n) is 9.91. The van der Waals surface area contributed by atoms with Crippen LogP contribution in [0.25, 0.3) is 33.2 Å². The van der Waals surface area contributed by atoms with E-state index in [-0.39, 0.29) is 55.3 Å². The van der Waals surface area contributed by atoms with Gasteiger partial charge < -0.3 is 5.11 Å². The Morgan fingerprint density at radius 1 is 0.827 bits per heavy atom. The Bertz CT molecular complexity index is 1830. The molecule has 8 heteroatoms. The van der Waals surface area contributed by atoms with Gasteiger partial charge >= 0.3 is 6.18 Å². The first-order valence-electron chi connectivity index (χ1n) is 18.2. The molecule has 1 aromatic heterocycles. The molecule has 0 atom stereocenters. The van der Waals surface area contributed by atoms with E-state index in [1.165, 1.54) is 30.9 Å². The first-order chi connectivity index (χ1) is 23.8. The van der Waals surface area contributed by atoms with Gasteiger partial charge in [0.2, 0.25) is 0 Å². The van der Waals surface area contributed by atoms with Gasteiger partial charge in [-0.05, 0) is 73.6 Å². The number of aryl methyl sites for hydroxylation is 2. The Morgan fingerprint density at radius 3 is 1.96 bits per heavy atom. The van der Waals surface area contributed by atoms with Crippen LogP contribution in [0.15, 0.2) is 66.4 Å². The summed E-state index contributed by atoms with van der Waals surface area (Å²) in [5.74, 6) is 0.547. The molecule has 4 aromatic rings. The number of benzene rings is 3. The van der Waals surface area contributed by atoms with E-state index in [1.54, 1.807) is 6.07 Å². The van der Waals surface area contributed by atoms with Crippen LogP contribution in [0.2, 0.25) is 0 Å². The van der Waals surface area contributed by atoms with Gasteiger partial charge in [-0.3, -0.25) is 4.79 Å². The smallest absolute Gasteiger partial charge is 0.394 e. The van der Waals surface area contributed by atoms with Crippen molar-refractivity contribution in [3.05, 3.63) is 94.9 Å². The summed E-state index contributed by atoms with van der Waals surface area (Å²) >= 11 is 0. The number of aliphatic hydroxyl groups is 1. The Kier molecular flexibility index (Phi) is 16.0. The maximum atomic E-state index is 13.4. The van der Waals surface area contributed by atoms with Crippen molar-refractivity contribution in [1.29, 1.82) is 0 Å². The number of rotatable bonds is 11. The summed E-state index contributed by atoms with van der Waals surface area (Å²) in [6, 6.07) is 21.4. The molecule has 1 N–H and O–H groups in total. The average molecular weight is 894 g/mol. The van der Waals surface area contributed by atoms with E-state index in [0.29, 0.717) is 11.3 Å². The Balaban J connectivity index is 0.000000497. The molecule has 1 heterocycles. The Labute approximate surface area is 323 Å². The number of ketones is 1. The first-order valence-corrected chi connectivity index (χ1v) is 18.2. The van der Waals surface area contributed by atoms with Crippen LogP contribution < -0.4 is 0 Å². The summed E-state index contributed by atoms with van der Waals surface area (Å²) in [6.07, 6.45) is 0.573. The Hall–Kier alpha value is -3.35. The van der Waals surface area contributed by atoms with Gasteiger partial charge in [-0.2, -0.15) is 23.4 Å². The molecule has 0 aliphatic heterocycles. The number of carbonyl (C=O) groups excluding carboxylic acids is 1. The van der Waals surface area contributed by atoms with Crippen molar-refractivity contribution in [3.8, 4) is 22.4 Å². The van der Waals surface area contributed by atoms with Gasteiger partial charge in [-0.15, -0.1) is 29.1 Å². The SMILES string of the molecule is CCC(CC)C(=O)/C=C(\O)C(CC)CC.Cc1cc(CC(C)(C)C(F)(F)F)ccc1-c1cc(-c2[c-]c3ccccc3c(C(C)(C)C)c2)nnc1C.[Ir]. The number of alkyl halides is 3. The molecule has 52 heavy (non-hydrogen) atoms. The molecule has 0 aliphatic carbocycles.